The van der Waals surface area contributed by atoms with Gasteiger partial charge < -0.3 is 23.9 Å². The molecule has 1 fully saturated rings. The van der Waals surface area contributed by atoms with Crippen molar-refractivity contribution >= 4 is 40.8 Å². The summed E-state index contributed by atoms with van der Waals surface area (Å²) in [5.74, 6) is 0.844. The molecule has 1 aliphatic rings. The summed E-state index contributed by atoms with van der Waals surface area (Å²) in [6.07, 6.45) is 4.89. The standard InChI is InChI=1S/C26H26N4O5S/c1-29(2)19-9-7-17(8-10-19)14-23-25(32)30(16-20-6-5-11-35-20)26(36-23)28-27-15-18-12-21(33-3)24(31)22(13-18)34-4/h5-15,31H,16H2,1-4H3/b23-14-,27-15-,28-26+. The number of nitrogens with zero attached hydrogens (tertiary/aromatic N) is 4. The van der Waals surface area contributed by atoms with Crippen LogP contribution >= 0.6 is 11.8 Å². The second kappa shape index (κ2) is 11.0. The summed E-state index contributed by atoms with van der Waals surface area (Å²) in [4.78, 5) is 17.3. The molecular formula is C26H26N4O5S. The molecule has 3 aromatic rings. The van der Waals surface area contributed by atoms with Crippen LogP contribution in [0.25, 0.3) is 6.08 Å². The molecule has 0 saturated carbocycles. The number of aromatic hydroxyl groups is 1. The zero-order valence-electron chi connectivity index (χ0n) is 20.3. The molecule has 2 heterocycles. The lowest BCUT2D eigenvalue weighted by atomic mass is 10.2. The number of carbonyl (C=O) groups excluding carboxylic acids is 1. The molecule has 4 rings (SSSR count). The van der Waals surface area contributed by atoms with Crippen LogP contribution in [0.1, 0.15) is 16.9 Å². The summed E-state index contributed by atoms with van der Waals surface area (Å²) in [6.45, 7) is 0.227. The van der Waals surface area contributed by atoms with Crippen molar-refractivity contribution in [1.82, 2.24) is 4.90 Å². The van der Waals surface area contributed by atoms with Gasteiger partial charge in [0.25, 0.3) is 5.91 Å². The maximum Gasteiger partial charge on any atom is 0.267 e. The van der Waals surface area contributed by atoms with Crippen LogP contribution in [0, 0.1) is 0 Å². The van der Waals surface area contributed by atoms with E-state index in [0.717, 1.165) is 11.3 Å². The largest absolute Gasteiger partial charge is 0.502 e. The zero-order chi connectivity index (χ0) is 25.7. The van der Waals surface area contributed by atoms with Gasteiger partial charge in [-0.3, -0.25) is 9.69 Å². The van der Waals surface area contributed by atoms with Gasteiger partial charge in [-0.05, 0) is 59.8 Å². The maximum atomic E-state index is 13.3. The molecule has 9 nitrogen and oxygen atoms in total. The van der Waals surface area contributed by atoms with Gasteiger partial charge in [-0.2, -0.15) is 5.10 Å². The number of furan rings is 1. The highest BCUT2D eigenvalue weighted by Gasteiger charge is 2.34. The molecule has 0 spiro atoms. The van der Waals surface area contributed by atoms with Gasteiger partial charge in [-0.25, -0.2) is 0 Å². The molecule has 0 aliphatic carbocycles. The van der Waals surface area contributed by atoms with Gasteiger partial charge in [0.05, 0.1) is 38.1 Å². The smallest absolute Gasteiger partial charge is 0.267 e. The van der Waals surface area contributed by atoms with Crippen molar-refractivity contribution in [2.75, 3.05) is 33.2 Å². The Morgan fingerprint density at radius 2 is 1.78 bits per heavy atom. The van der Waals surface area contributed by atoms with Crippen LogP contribution in [0.5, 0.6) is 17.2 Å². The minimum absolute atomic E-state index is 0.0987. The molecule has 1 N–H and O–H groups in total. The third kappa shape index (κ3) is 5.55. The van der Waals surface area contributed by atoms with Gasteiger partial charge in [0.15, 0.2) is 16.7 Å². The van der Waals surface area contributed by atoms with E-state index >= 15 is 0 Å². The number of methoxy groups -OCH3 is 2. The number of rotatable bonds is 8. The fourth-order valence-electron chi connectivity index (χ4n) is 3.43. The van der Waals surface area contributed by atoms with E-state index in [1.54, 1.807) is 30.5 Å². The molecule has 0 bridgehead atoms. The van der Waals surface area contributed by atoms with Crippen LogP contribution in [-0.4, -0.2) is 55.6 Å². The molecule has 186 valence electrons. The minimum Gasteiger partial charge on any atom is -0.502 e. The first-order valence-electron chi connectivity index (χ1n) is 11.0. The Hall–Kier alpha value is -4.18. The summed E-state index contributed by atoms with van der Waals surface area (Å²) in [5, 5.41) is 19.0. The first-order valence-corrected chi connectivity index (χ1v) is 11.8. The third-order valence-electron chi connectivity index (χ3n) is 5.34. The SMILES string of the molecule is COc1cc(/C=N\N=C2\S/C(=C\c3ccc(N(C)C)cc3)C(=O)N2Cc2ccco2)cc(OC)c1O. The monoisotopic (exact) mass is 506 g/mol. The van der Waals surface area contributed by atoms with E-state index in [9.17, 15) is 9.90 Å². The maximum absolute atomic E-state index is 13.3. The number of phenols is 1. The molecule has 2 aromatic carbocycles. The van der Waals surface area contributed by atoms with Gasteiger partial charge >= 0.3 is 0 Å². The number of thioether (sulfide) groups is 1. The molecule has 10 heteroatoms. The lowest BCUT2D eigenvalue weighted by Crippen LogP contribution is -2.28. The molecule has 1 aromatic heterocycles. The molecule has 0 atom stereocenters. The van der Waals surface area contributed by atoms with Crippen molar-refractivity contribution in [2.45, 2.75) is 6.54 Å². The number of phenolic OH excluding ortho intramolecular Hbond substituents is 1. The highest BCUT2D eigenvalue weighted by atomic mass is 32.2. The van der Waals surface area contributed by atoms with Crippen LogP contribution in [0.15, 0.2) is 74.3 Å². The second-order valence-electron chi connectivity index (χ2n) is 7.97. The van der Waals surface area contributed by atoms with Crippen LogP contribution < -0.4 is 14.4 Å². The number of benzene rings is 2. The number of ether oxygens (including phenoxy) is 2. The van der Waals surface area contributed by atoms with Gasteiger partial charge in [0.2, 0.25) is 5.75 Å². The number of amidine groups is 1. The van der Waals surface area contributed by atoms with Crippen molar-refractivity contribution < 1.29 is 23.8 Å². The Bertz CT molecular complexity index is 1290. The predicted molar refractivity (Wildman–Crippen MR) is 142 cm³/mol. The van der Waals surface area contributed by atoms with Gasteiger partial charge in [0, 0.05) is 25.3 Å². The van der Waals surface area contributed by atoms with Crippen molar-refractivity contribution in [1.29, 1.82) is 0 Å². The highest BCUT2D eigenvalue weighted by Crippen LogP contribution is 2.37. The van der Waals surface area contributed by atoms with Gasteiger partial charge in [0.1, 0.15) is 5.76 Å². The number of amides is 1. The van der Waals surface area contributed by atoms with Crippen LogP contribution in [0.4, 0.5) is 5.69 Å². The van der Waals surface area contributed by atoms with E-state index in [-0.39, 0.29) is 29.7 Å². The Morgan fingerprint density at radius 3 is 2.36 bits per heavy atom. The summed E-state index contributed by atoms with van der Waals surface area (Å²) in [7, 11) is 6.85. The Labute approximate surface area is 213 Å². The first-order chi connectivity index (χ1) is 17.4. The number of hydrogen-bond acceptors (Lipinski definition) is 9. The molecule has 0 radical (unpaired) electrons. The second-order valence-corrected chi connectivity index (χ2v) is 8.98. The third-order valence-corrected chi connectivity index (χ3v) is 6.34. The number of hydrogen-bond donors (Lipinski definition) is 1. The predicted octanol–water partition coefficient (Wildman–Crippen LogP) is 4.58. The van der Waals surface area contributed by atoms with Crippen molar-refractivity contribution in [3.05, 3.63) is 76.6 Å². The van der Waals surface area contributed by atoms with E-state index < -0.39 is 0 Å². The van der Waals surface area contributed by atoms with Crippen molar-refractivity contribution in [2.24, 2.45) is 10.2 Å². The first kappa shape index (κ1) is 24.9. The highest BCUT2D eigenvalue weighted by molar-refractivity contribution is 8.18. The summed E-state index contributed by atoms with van der Waals surface area (Å²) < 4.78 is 15.8. The Kier molecular flexibility index (Phi) is 7.65. The average Bonchev–Trinajstić information content (AvgIpc) is 3.49. The molecule has 36 heavy (non-hydrogen) atoms. The molecule has 0 unspecified atom stereocenters. The fourth-order valence-corrected chi connectivity index (χ4v) is 4.37. The van der Waals surface area contributed by atoms with Crippen LogP contribution in [0.3, 0.4) is 0 Å². The van der Waals surface area contributed by atoms with Gasteiger partial charge in [-0.15, -0.1) is 5.10 Å². The zero-order valence-corrected chi connectivity index (χ0v) is 21.2. The van der Waals surface area contributed by atoms with E-state index in [0.29, 0.717) is 21.4 Å². The minimum atomic E-state index is -0.185. The molecular weight excluding hydrogens is 480 g/mol. The average molecular weight is 507 g/mol. The lowest BCUT2D eigenvalue weighted by molar-refractivity contribution is -0.122. The molecule has 1 saturated heterocycles. The Morgan fingerprint density at radius 1 is 1.08 bits per heavy atom. The summed E-state index contributed by atoms with van der Waals surface area (Å²) in [5.41, 5.74) is 2.58. The van der Waals surface area contributed by atoms with Crippen LogP contribution in [-0.2, 0) is 11.3 Å². The van der Waals surface area contributed by atoms with Crippen molar-refractivity contribution in [3.63, 3.8) is 0 Å². The van der Waals surface area contributed by atoms with Crippen LogP contribution in [0.2, 0.25) is 0 Å². The van der Waals surface area contributed by atoms with E-state index in [1.807, 2.05) is 49.3 Å². The lowest BCUT2D eigenvalue weighted by Gasteiger charge is -2.13. The molecule has 1 amide bonds. The van der Waals surface area contributed by atoms with Gasteiger partial charge in [-0.1, -0.05) is 12.1 Å². The number of carbonyl (C=O) groups is 1. The van der Waals surface area contributed by atoms with E-state index in [1.165, 1.54) is 37.1 Å². The fraction of sp³-hybridized carbons (Fsp3) is 0.192. The van der Waals surface area contributed by atoms with Crippen molar-refractivity contribution in [3.8, 4) is 17.2 Å². The normalized spacial score (nSPS) is 15.9. The van der Waals surface area contributed by atoms with E-state index in [4.69, 9.17) is 13.9 Å². The number of anilines is 1. The summed E-state index contributed by atoms with van der Waals surface area (Å²) >= 11 is 1.24. The quantitative estimate of drug-likeness (QED) is 0.271. The summed E-state index contributed by atoms with van der Waals surface area (Å²) in [6, 6.07) is 14.7. The van der Waals surface area contributed by atoms with E-state index in [2.05, 4.69) is 10.2 Å². The topological polar surface area (TPSA) is 100 Å². The Balaban J connectivity index is 1.62. The molecule has 1 aliphatic heterocycles.